The standard InChI is InChI=1S/C23H24N2O6/c1-5-14(3)30-20-11-10-16(13-21(20)29-6-2)12-18-23(26)31-22(24-18)17-8-7-9-19(15(17)4)25(27)28/h7-14H,5-6H2,1-4H3/b18-12-. The first-order valence-corrected chi connectivity index (χ1v) is 10.0. The van der Waals surface area contributed by atoms with Crippen molar-refractivity contribution >= 4 is 23.6 Å². The quantitative estimate of drug-likeness (QED) is 0.261. The molecule has 2 aromatic rings. The van der Waals surface area contributed by atoms with Gasteiger partial charge < -0.3 is 14.2 Å². The second kappa shape index (κ2) is 9.42. The highest BCUT2D eigenvalue weighted by atomic mass is 16.6. The van der Waals surface area contributed by atoms with Crippen molar-refractivity contribution in [2.24, 2.45) is 4.99 Å². The number of nitrogens with zero attached hydrogens (tertiary/aromatic N) is 2. The molecule has 2 aromatic carbocycles. The van der Waals surface area contributed by atoms with Crippen LogP contribution in [0.1, 0.15) is 43.9 Å². The van der Waals surface area contributed by atoms with Crippen LogP contribution >= 0.6 is 0 Å². The number of benzene rings is 2. The summed E-state index contributed by atoms with van der Waals surface area (Å²) in [6.07, 6.45) is 2.48. The van der Waals surface area contributed by atoms with E-state index in [9.17, 15) is 14.9 Å². The van der Waals surface area contributed by atoms with E-state index in [-0.39, 0.29) is 23.4 Å². The molecule has 8 nitrogen and oxygen atoms in total. The van der Waals surface area contributed by atoms with Crippen molar-refractivity contribution in [3.8, 4) is 11.5 Å². The number of hydrogen-bond acceptors (Lipinski definition) is 7. The van der Waals surface area contributed by atoms with Crippen LogP contribution in [0.5, 0.6) is 11.5 Å². The summed E-state index contributed by atoms with van der Waals surface area (Å²) in [7, 11) is 0. The third-order valence-electron chi connectivity index (χ3n) is 4.83. The molecular formula is C23H24N2O6. The van der Waals surface area contributed by atoms with Gasteiger partial charge in [-0.3, -0.25) is 10.1 Å². The number of carbonyl (C=O) groups excluding carboxylic acids is 1. The highest BCUT2D eigenvalue weighted by Crippen LogP contribution is 2.32. The monoisotopic (exact) mass is 424 g/mol. The molecule has 0 N–H and O–H groups in total. The Kier molecular flexibility index (Phi) is 6.69. The van der Waals surface area contributed by atoms with E-state index in [0.717, 1.165) is 6.42 Å². The van der Waals surface area contributed by atoms with Gasteiger partial charge >= 0.3 is 5.97 Å². The van der Waals surface area contributed by atoms with E-state index in [1.54, 1.807) is 37.3 Å². The zero-order chi connectivity index (χ0) is 22.5. The molecule has 0 saturated carbocycles. The van der Waals surface area contributed by atoms with E-state index in [1.165, 1.54) is 12.1 Å². The first-order chi connectivity index (χ1) is 14.8. The molecule has 1 atom stereocenters. The molecule has 0 amide bonds. The number of nitro groups is 1. The van der Waals surface area contributed by atoms with Crippen molar-refractivity contribution in [2.75, 3.05) is 6.61 Å². The zero-order valence-electron chi connectivity index (χ0n) is 17.9. The average molecular weight is 424 g/mol. The summed E-state index contributed by atoms with van der Waals surface area (Å²) in [5.41, 5.74) is 1.50. The summed E-state index contributed by atoms with van der Waals surface area (Å²) in [6.45, 7) is 7.95. The van der Waals surface area contributed by atoms with Crippen molar-refractivity contribution in [3.05, 3.63) is 68.9 Å². The van der Waals surface area contributed by atoms with Crippen molar-refractivity contribution in [1.82, 2.24) is 0 Å². The fourth-order valence-corrected chi connectivity index (χ4v) is 3.02. The van der Waals surface area contributed by atoms with Gasteiger partial charge in [0.2, 0.25) is 5.90 Å². The molecule has 3 rings (SSSR count). The molecule has 8 heteroatoms. The van der Waals surface area contributed by atoms with Crippen LogP contribution in [0.2, 0.25) is 0 Å². The number of cyclic esters (lactones) is 1. The van der Waals surface area contributed by atoms with E-state index in [0.29, 0.717) is 34.8 Å². The summed E-state index contributed by atoms with van der Waals surface area (Å²) in [6, 6.07) is 9.92. The molecular weight excluding hydrogens is 400 g/mol. The molecule has 1 aliphatic rings. The number of ether oxygens (including phenoxy) is 3. The lowest BCUT2D eigenvalue weighted by molar-refractivity contribution is -0.385. The van der Waals surface area contributed by atoms with Crippen LogP contribution in [0.3, 0.4) is 0 Å². The molecule has 1 aliphatic heterocycles. The van der Waals surface area contributed by atoms with Crippen molar-refractivity contribution in [1.29, 1.82) is 0 Å². The molecule has 1 heterocycles. The summed E-state index contributed by atoms with van der Waals surface area (Å²) in [5, 5.41) is 11.2. The third kappa shape index (κ3) is 4.91. The highest BCUT2D eigenvalue weighted by Gasteiger charge is 2.27. The summed E-state index contributed by atoms with van der Waals surface area (Å²) in [4.78, 5) is 27.3. The molecule has 0 fully saturated rings. The number of carbonyl (C=O) groups is 1. The van der Waals surface area contributed by atoms with Crippen LogP contribution in [0.15, 0.2) is 47.1 Å². The maximum atomic E-state index is 12.4. The number of esters is 1. The van der Waals surface area contributed by atoms with Crippen LogP contribution in [0.4, 0.5) is 5.69 Å². The Morgan fingerprint density at radius 1 is 1.23 bits per heavy atom. The lowest BCUT2D eigenvalue weighted by Gasteiger charge is -2.16. The van der Waals surface area contributed by atoms with Gasteiger partial charge in [-0.2, -0.15) is 0 Å². The predicted octanol–water partition coefficient (Wildman–Crippen LogP) is 4.82. The van der Waals surface area contributed by atoms with Crippen molar-refractivity contribution < 1.29 is 23.9 Å². The molecule has 162 valence electrons. The SMILES string of the molecule is CCOc1cc(/C=C2\N=C(c3cccc([N+](=O)[O-])c3C)OC2=O)ccc1OC(C)CC. The molecule has 0 bridgehead atoms. The summed E-state index contributed by atoms with van der Waals surface area (Å²) >= 11 is 0. The highest BCUT2D eigenvalue weighted by molar-refractivity contribution is 6.13. The van der Waals surface area contributed by atoms with Crippen LogP contribution < -0.4 is 9.47 Å². The number of aliphatic imine (C=N–C) groups is 1. The second-order valence-electron chi connectivity index (χ2n) is 7.02. The lowest BCUT2D eigenvalue weighted by atomic mass is 10.1. The maximum absolute atomic E-state index is 12.4. The predicted molar refractivity (Wildman–Crippen MR) is 116 cm³/mol. The van der Waals surface area contributed by atoms with Gasteiger partial charge in [0.05, 0.1) is 17.6 Å². The van der Waals surface area contributed by atoms with Crippen molar-refractivity contribution in [3.63, 3.8) is 0 Å². The van der Waals surface area contributed by atoms with Gasteiger partial charge in [0, 0.05) is 17.2 Å². The molecule has 0 aromatic heterocycles. The Morgan fingerprint density at radius 2 is 2.00 bits per heavy atom. The fourth-order valence-electron chi connectivity index (χ4n) is 3.02. The lowest BCUT2D eigenvalue weighted by Crippen LogP contribution is -2.11. The minimum Gasteiger partial charge on any atom is -0.490 e. The molecule has 0 spiro atoms. The zero-order valence-corrected chi connectivity index (χ0v) is 17.9. The molecule has 1 unspecified atom stereocenters. The largest absolute Gasteiger partial charge is 0.490 e. The van der Waals surface area contributed by atoms with E-state index < -0.39 is 10.9 Å². The Morgan fingerprint density at radius 3 is 2.68 bits per heavy atom. The van der Waals surface area contributed by atoms with Gasteiger partial charge in [0.15, 0.2) is 17.2 Å². The minimum atomic E-state index is -0.626. The summed E-state index contributed by atoms with van der Waals surface area (Å²) < 4.78 is 16.9. The van der Waals surface area contributed by atoms with E-state index in [2.05, 4.69) is 4.99 Å². The number of nitro benzene ring substituents is 1. The molecule has 0 radical (unpaired) electrons. The second-order valence-corrected chi connectivity index (χ2v) is 7.02. The smallest absolute Gasteiger partial charge is 0.363 e. The van der Waals surface area contributed by atoms with Gasteiger partial charge in [-0.05, 0) is 57.0 Å². The Balaban J connectivity index is 1.94. The van der Waals surface area contributed by atoms with E-state index in [4.69, 9.17) is 14.2 Å². The topological polar surface area (TPSA) is 100 Å². The van der Waals surface area contributed by atoms with Gasteiger partial charge in [0.25, 0.3) is 5.69 Å². The molecule has 31 heavy (non-hydrogen) atoms. The van der Waals surface area contributed by atoms with Gasteiger partial charge in [-0.1, -0.05) is 19.1 Å². The van der Waals surface area contributed by atoms with Crippen LogP contribution in [0, 0.1) is 17.0 Å². The number of hydrogen-bond donors (Lipinski definition) is 0. The van der Waals surface area contributed by atoms with Crippen molar-refractivity contribution in [2.45, 2.75) is 40.2 Å². The first-order valence-electron chi connectivity index (χ1n) is 10.0. The first kappa shape index (κ1) is 22.0. The normalized spacial score (nSPS) is 15.4. The Bertz CT molecular complexity index is 1070. The maximum Gasteiger partial charge on any atom is 0.363 e. The fraction of sp³-hybridized carbons (Fsp3) is 0.304. The van der Waals surface area contributed by atoms with Crippen LogP contribution in [0.25, 0.3) is 6.08 Å². The van der Waals surface area contributed by atoms with Crippen LogP contribution in [-0.4, -0.2) is 29.5 Å². The average Bonchev–Trinajstić information content (AvgIpc) is 3.09. The van der Waals surface area contributed by atoms with E-state index >= 15 is 0 Å². The van der Waals surface area contributed by atoms with Gasteiger partial charge in [-0.25, -0.2) is 9.79 Å². The van der Waals surface area contributed by atoms with Crippen LogP contribution in [-0.2, 0) is 9.53 Å². The van der Waals surface area contributed by atoms with E-state index in [1.807, 2.05) is 20.8 Å². The molecule has 0 aliphatic carbocycles. The summed E-state index contributed by atoms with van der Waals surface area (Å²) in [5.74, 6) is 0.615. The minimum absolute atomic E-state index is 0.0403. The van der Waals surface area contributed by atoms with Gasteiger partial charge in [0.1, 0.15) is 0 Å². The number of rotatable bonds is 8. The van der Waals surface area contributed by atoms with Gasteiger partial charge in [-0.15, -0.1) is 0 Å². The Labute approximate surface area is 180 Å². The third-order valence-corrected chi connectivity index (χ3v) is 4.83. The Hall–Kier alpha value is -3.68. The molecule has 0 saturated heterocycles.